The summed E-state index contributed by atoms with van der Waals surface area (Å²) < 4.78 is 0. The quantitative estimate of drug-likeness (QED) is 0.527. The van der Waals surface area contributed by atoms with Gasteiger partial charge in [-0.25, -0.2) is 0 Å². The molecule has 0 bridgehead atoms. The molecule has 0 rings (SSSR count). The molecule has 0 amide bonds. The molecule has 0 aromatic rings. The summed E-state index contributed by atoms with van der Waals surface area (Å²) in [4.78, 5) is 0. The van der Waals surface area contributed by atoms with Crippen LogP contribution in [0.3, 0.4) is 0 Å². The first-order chi connectivity index (χ1) is 6.20. The molecular weight excluding hydrogens is 162 g/mol. The van der Waals surface area contributed by atoms with Gasteiger partial charge in [-0.05, 0) is 12.8 Å². The van der Waals surface area contributed by atoms with Gasteiger partial charge in [-0.2, -0.15) is 0 Å². The smallest absolute Gasteiger partial charge is 0.0165 e. The highest BCUT2D eigenvalue weighted by molar-refractivity contribution is 4.68. The summed E-state index contributed by atoms with van der Waals surface area (Å²) in [5, 5.41) is 3.30. The zero-order valence-electron chi connectivity index (χ0n) is 9.05. The molecule has 0 aromatic heterocycles. The first kappa shape index (κ1) is 12.9. The van der Waals surface area contributed by atoms with Crippen LogP contribution in [0.25, 0.3) is 0 Å². The summed E-state index contributed by atoms with van der Waals surface area (Å²) in [6, 6.07) is 0.581. The predicted octanol–water partition coefficient (Wildman–Crippen LogP) is 0.831. The van der Waals surface area contributed by atoms with Gasteiger partial charge in [0.1, 0.15) is 0 Å². The van der Waals surface area contributed by atoms with E-state index in [1.807, 2.05) is 0 Å². The van der Waals surface area contributed by atoms with Crippen LogP contribution >= 0.6 is 0 Å². The normalized spacial score (nSPS) is 15.7. The lowest BCUT2D eigenvalue weighted by Gasteiger charge is -2.14. The van der Waals surface area contributed by atoms with Crippen LogP contribution in [0.1, 0.15) is 39.5 Å². The van der Waals surface area contributed by atoms with E-state index in [2.05, 4.69) is 19.2 Å². The highest BCUT2D eigenvalue weighted by Crippen LogP contribution is 1.93. The van der Waals surface area contributed by atoms with Gasteiger partial charge in [0.2, 0.25) is 0 Å². The Morgan fingerprint density at radius 2 is 1.31 bits per heavy atom. The van der Waals surface area contributed by atoms with Crippen molar-refractivity contribution < 1.29 is 0 Å². The first-order valence-electron chi connectivity index (χ1n) is 5.42. The molecule has 0 spiro atoms. The zero-order chi connectivity index (χ0) is 10.1. The lowest BCUT2D eigenvalue weighted by molar-refractivity contribution is 0.493. The Balaban J connectivity index is 3.23. The van der Waals surface area contributed by atoms with Crippen LogP contribution in [0.4, 0.5) is 0 Å². The third-order valence-corrected chi connectivity index (χ3v) is 2.13. The van der Waals surface area contributed by atoms with Crippen molar-refractivity contribution in [3.63, 3.8) is 0 Å². The molecule has 0 heterocycles. The number of hydrogen-bond donors (Lipinski definition) is 3. The maximum atomic E-state index is 5.84. The molecule has 0 aromatic carbocycles. The van der Waals surface area contributed by atoms with Crippen LogP contribution in [-0.2, 0) is 0 Å². The average molecular weight is 187 g/mol. The van der Waals surface area contributed by atoms with E-state index in [9.17, 15) is 0 Å². The Kier molecular flexibility index (Phi) is 8.40. The number of rotatable bonds is 8. The Labute approximate surface area is 82.3 Å². The molecular formula is C10H25N3. The average Bonchev–Trinajstić information content (AvgIpc) is 2.05. The minimum Gasteiger partial charge on any atom is -0.327 e. The summed E-state index contributed by atoms with van der Waals surface area (Å²) in [5.41, 5.74) is 11.7. The number of hydrogen-bond acceptors (Lipinski definition) is 3. The van der Waals surface area contributed by atoms with E-state index in [1.54, 1.807) is 0 Å². The maximum absolute atomic E-state index is 5.84. The van der Waals surface area contributed by atoms with E-state index in [0.29, 0.717) is 12.1 Å². The largest absolute Gasteiger partial charge is 0.327 e. The second kappa shape index (κ2) is 8.48. The molecule has 2 atom stereocenters. The second-order valence-corrected chi connectivity index (χ2v) is 3.76. The molecule has 3 heteroatoms. The van der Waals surface area contributed by atoms with Gasteiger partial charge in [0, 0.05) is 25.2 Å². The minimum absolute atomic E-state index is 0.291. The fourth-order valence-electron chi connectivity index (χ4n) is 1.40. The van der Waals surface area contributed by atoms with Gasteiger partial charge in [-0.3, -0.25) is 0 Å². The Bertz CT molecular complexity index is 94.3. The zero-order valence-corrected chi connectivity index (χ0v) is 9.05. The molecule has 0 fully saturated rings. The minimum atomic E-state index is 0.291. The fraction of sp³-hybridized carbons (Fsp3) is 1.00. The van der Waals surface area contributed by atoms with Crippen LogP contribution in [0, 0.1) is 0 Å². The van der Waals surface area contributed by atoms with Gasteiger partial charge >= 0.3 is 0 Å². The van der Waals surface area contributed by atoms with Crippen molar-refractivity contribution in [2.45, 2.75) is 51.6 Å². The van der Waals surface area contributed by atoms with Crippen LogP contribution in [0.5, 0.6) is 0 Å². The van der Waals surface area contributed by atoms with Crippen molar-refractivity contribution >= 4 is 0 Å². The van der Waals surface area contributed by atoms with Crippen molar-refractivity contribution in [3.8, 4) is 0 Å². The van der Waals surface area contributed by atoms with Crippen molar-refractivity contribution in [2.75, 3.05) is 13.1 Å². The SMILES string of the molecule is CCCC(N)CNCC(N)CCC. The summed E-state index contributed by atoms with van der Waals surface area (Å²) in [6.45, 7) is 6.10. The van der Waals surface area contributed by atoms with Crippen molar-refractivity contribution in [3.05, 3.63) is 0 Å². The van der Waals surface area contributed by atoms with Crippen molar-refractivity contribution in [1.82, 2.24) is 5.32 Å². The predicted molar refractivity (Wildman–Crippen MR) is 58.6 cm³/mol. The molecule has 0 saturated heterocycles. The Morgan fingerprint density at radius 3 is 1.62 bits per heavy atom. The fourth-order valence-corrected chi connectivity index (χ4v) is 1.40. The van der Waals surface area contributed by atoms with Crippen LogP contribution in [-0.4, -0.2) is 25.2 Å². The summed E-state index contributed by atoms with van der Waals surface area (Å²) >= 11 is 0. The topological polar surface area (TPSA) is 64.1 Å². The van der Waals surface area contributed by atoms with E-state index in [4.69, 9.17) is 11.5 Å². The molecule has 0 radical (unpaired) electrons. The van der Waals surface area contributed by atoms with E-state index in [-0.39, 0.29) is 0 Å². The highest BCUT2D eigenvalue weighted by Gasteiger charge is 2.02. The molecule has 2 unspecified atom stereocenters. The van der Waals surface area contributed by atoms with Crippen LogP contribution < -0.4 is 16.8 Å². The van der Waals surface area contributed by atoms with E-state index in [0.717, 1.165) is 38.8 Å². The van der Waals surface area contributed by atoms with E-state index in [1.165, 1.54) is 0 Å². The van der Waals surface area contributed by atoms with Crippen molar-refractivity contribution in [1.29, 1.82) is 0 Å². The lowest BCUT2D eigenvalue weighted by atomic mass is 10.1. The van der Waals surface area contributed by atoms with Gasteiger partial charge in [0.05, 0.1) is 0 Å². The molecule has 5 N–H and O–H groups in total. The van der Waals surface area contributed by atoms with Crippen molar-refractivity contribution in [2.24, 2.45) is 11.5 Å². The van der Waals surface area contributed by atoms with Crippen LogP contribution in [0.15, 0.2) is 0 Å². The summed E-state index contributed by atoms with van der Waals surface area (Å²) in [6.07, 6.45) is 4.50. The molecule has 3 nitrogen and oxygen atoms in total. The monoisotopic (exact) mass is 187 g/mol. The van der Waals surface area contributed by atoms with Gasteiger partial charge in [-0.15, -0.1) is 0 Å². The molecule has 0 saturated carbocycles. The first-order valence-corrected chi connectivity index (χ1v) is 5.42. The molecule has 13 heavy (non-hydrogen) atoms. The van der Waals surface area contributed by atoms with Gasteiger partial charge < -0.3 is 16.8 Å². The lowest BCUT2D eigenvalue weighted by Crippen LogP contribution is -2.40. The second-order valence-electron chi connectivity index (χ2n) is 3.76. The molecule has 0 aliphatic rings. The third-order valence-electron chi connectivity index (χ3n) is 2.13. The Hall–Kier alpha value is -0.120. The standard InChI is InChI=1S/C10H25N3/c1-3-5-9(11)7-13-8-10(12)6-4-2/h9-10,13H,3-8,11-12H2,1-2H3. The maximum Gasteiger partial charge on any atom is 0.0165 e. The summed E-state index contributed by atoms with van der Waals surface area (Å²) in [7, 11) is 0. The third kappa shape index (κ3) is 8.22. The highest BCUT2D eigenvalue weighted by atomic mass is 14.9. The van der Waals surface area contributed by atoms with E-state index >= 15 is 0 Å². The van der Waals surface area contributed by atoms with Gasteiger partial charge in [-0.1, -0.05) is 26.7 Å². The van der Waals surface area contributed by atoms with E-state index < -0.39 is 0 Å². The Morgan fingerprint density at radius 1 is 0.923 bits per heavy atom. The summed E-state index contributed by atoms with van der Waals surface area (Å²) in [5.74, 6) is 0. The van der Waals surface area contributed by atoms with Crippen LogP contribution in [0.2, 0.25) is 0 Å². The molecule has 80 valence electrons. The van der Waals surface area contributed by atoms with Gasteiger partial charge in [0.15, 0.2) is 0 Å². The number of nitrogens with two attached hydrogens (primary N) is 2. The number of nitrogens with one attached hydrogen (secondary N) is 1. The van der Waals surface area contributed by atoms with Gasteiger partial charge in [0.25, 0.3) is 0 Å². The molecule has 0 aliphatic carbocycles. The molecule has 0 aliphatic heterocycles.